The second-order valence-corrected chi connectivity index (χ2v) is 9.65. The Morgan fingerprint density at radius 1 is 0.933 bits per heavy atom. The van der Waals surface area contributed by atoms with Crippen molar-refractivity contribution in [3.8, 4) is 0 Å². The van der Waals surface area contributed by atoms with Crippen LogP contribution in [0.15, 0.2) is 54.6 Å². The largest absolute Gasteiger partial charge is 0.390 e. The molecule has 4 nitrogen and oxygen atoms in total. The first-order chi connectivity index (χ1) is 14.6. The molecule has 0 aliphatic heterocycles. The molecule has 0 heterocycles. The maximum atomic E-state index is 13.3. The van der Waals surface area contributed by atoms with Crippen LogP contribution in [0.1, 0.15) is 49.7 Å². The van der Waals surface area contributed by atoms with Crippen LogP contribution in [0.4, 0.5) is 5.69 Å². The second kappa shape index (κ2) is 7.66. The number of benzene rings is 2. The average molecular weight is 403 g/mol. The zero-order chi connectivity index (χ0) is 20.7. The Morgan fingerprint density at radius 3 is 2.10 bits per heavy atom. The molecule has 1 amide bonds. The minimum Gasteiger partial charge on any atom is -0.390 e. The Kier molecular flexibility index (Phi) is 4.98. The molecule has 4 aliphatic rings. The monoisotopic (exact) mass is 402 g/mol. The van der Waals surface area contributed by atoms with Gasteiger partial charge in [0.2, 0.25) is 5.91 Å². The van der Waals surface area contributed by atoms with Gasteiger partial charge in [-0.15, -0.1) is 0 Å². The Hall–Kier alpha value is -2.46. The van der Waals surface area contributed by atoms with Crippen LogP contribution in [0.2, 0.25) is 0 Å². The molecule has 4 saturated carbocycles. The van der Waals surface area contributed by atoms with Crippen molar-refractivity contribution in [2.24, 2.45) is 23.7 Å². The summed E-state index contributed by atoms with van der Waals surface area (Å²) in [6.45, 7) is -0.282. The molecule has 6 rings (SSSR count). The van der Waals surface area contributed by atoms with E-state index in [4.69, 9.17) is 10.5 Å². The van der Waals surface area contributed by atoms with Gasteiger partial charge < -0.3 is 15.8 Å². The van der Waals surface area contributed by atoms with Crippen LogP contribution in [-0.4, -0.2) is 23.3 Å². The number of aliphatic hydroxyl groups excluding tert-OH is 1. The van der Waals surface area contributed by atoms with Crippen LogP contribution in [0.5, 0.6) is 0 Å². The third-order valence-corrected chi connectivity index (χ3v) is 8.03. The third kappa shape index (κ3) is 3.27. The van der Waals surface area contributed by atoms with E-state index in [1.165, 1.54) is 37.7 Å². The van der Waals surface area contributed by atoms with E-state index in [1.54, 1.807) is 12.1 Å². The zero-order valence-corrected chi connectivity index (χ0v) is 17.3. The molecule has 30 heavy (non-hydrogen) atoms. The topological polar surface area (TPSA) is 73.2 Å². The highest BCUT2D eigenvalue weighted by atomic mass is 16.3. The van der Waals surface area contributed by atoms with Crippen LogP contribution in [0.3, 0.4) is 0 Å². The first-order valence-corrected chi connectivity index (χ1v) is 11.2. The van der Waals surface area contributed by atoms with Gasteiger partial charge in [-0.05, 0) is 79.0 Å². The quantitative estimate of drug-likeness (QED) is 0.609. The summed E-state index contributed by atoms with van der Waals surface area (Å²) in [6, 6.07) is 18.0. The van der Waals surface area contributed by atoms with E-state index in [1.807, 2.05) is 12.1 Å². The van der Waals surface area contributed by atoms with Crippen LogP contribution in [0.25, 0.3) is 0 Å². The number of hydrogen-bond donors (Lipinski definition) is 3. The molecule has 0 aromatic heterocycles. The fourth-order valence-electron chi connectivity index (χ4n) is 6.95. The van der Waals surface area contributed by atoms with Gasteiger partial charge in [-0.2, -0.15) is 0 Å². The Bertz CT molecular complexity index is 907. The molecule has 0 radical (unpaired) electrons. The summed E-state index contributed by atoms with van der Waals surface area (Å²) in [7, 11) is 0. The number of anilines is 1. The van der Waals surface area contributed by atoms with Crippen molar-refractivity contribution >= 4 is 17.3 Å². The average Bonchev–Trinajstić information content (AvgIpc) is 2.76. The molecular formula is C26H30N2O2. The molecule has 3 N–H and O–H groups in total. The summed E-state index contributed by atoms with van der Waals surface area (Å²) in [5, 5.41) is 20.0. The van der Waals surface area contributed by atoms with Gasteiger partial charge in [0.05, 0.1) is 12.3 Å². The predicted molar refractivity (Wildman–Crippen MR) is 119 cm³/mol. The lowest BCUT2D eigenvalue weighted by Gasteiger charge is -2.61. The summed E-state index contributed by atoms with van der Waals surface area (Å²) in [5.41, 5.74) is 2.92. The lowest BCUT2D eigenvalue weighted by molar-refractivity contribution is -0.124. The zero-order valence-electron chi connectivity index (χ0n) is 17.3. The van der Waals surface area contributed by atoms with Crippen molar-refractivity contribution in [2.75, 3.05) is 11.9 Å². The number of nitrogens with one attached hydrogen (secondary N) is 2. The molecule has 4 fully saturated rings. The van der Waals surface area contributed by atoms with Crippen molar-refractivity contribution in [1.82, 2.24) is 0 Å². The molecule has 156 valence electrons. The fourth-order valence-corrected chi connectivity index (χ4v) is 6.95. The van der Waals surface area contributed by atoms with Gasteiger partial charge in [0.15, 0.2) is 0 Å². The summed E-state index contributed by atoms with van der Waals surface area (Å²) < 4.78 is 0. The number of carbonyl (C=O) groups excluding carboxylic acids is 1. The SMILES string of the molecule is N=C(CO)c1ccc(NC(=O)CC2(c3ccccc3)C3CC4CC(C3)CC2C4)cc1. The van der Waals surface area contributed by atoms with Gasteiger partial charge >= 0.3 is 0 Å². The van der Waals surface area contributed by atoms with E-state index < -0.39 is 0 Å². The lowest BCUT2D eigenvalue weighted by atomic mass is 9.43. The van der Waals surface area contributed by atoms with Gasteiger partial charge in [-0.3, -0.25) is 4.79 Å². The second-order valence-electron chi connectivity index (χ2n) is 9.65. The van der Waals surface area contributed by atoms with E-state index in [-0.39, 0.29) is 23.6 Å². The standard InChI is InChI=1S/C26H30N2O2/c27-24(16-29)19-6-8-23(9-7-19)28-25(30)15-26(20-4-2-1-3-5-20)21-11-17-10-18(13-21)14-22(26)12-17/h1-9,17-18,21-22,27,29H,10-16H2,(H,28,30). The van der Waals surface area contributed by atoms with E-state index in [0.29, 0.717) is 23.8 Å². The van der Waals surface area contributed by atoms with Crippen LogP contribution in [-0.2, 0) is 10.2 Å². The van der Waals surface area contributed by atoms with E-state index in [0.717, 1.165) is 17.5 Å². The summed E-state index contributed by atoms with van der Waals surface area (Å²) in [5.74, 6) is 3.02. The minimum atomic E-state index is -0.282. The highest BCUT2D eigenvalue weighted by molar-refractivity contribution is 5.99. The molecule has 4 bridgehead atoms. The van der Waals surface area contributed by atoms with Crippen molar-refractivity contribution in [1.29, 1.82) is 5.41 Å². The number of aliphatic hydroxyl groups is 1. The smallest absolute Gasteiger partial charge is 0.225 e. The molecule has 0 spiro atoms. The molecule has 0 unspecified atom stereocenters. The molecular weight excluding hydrogens is 372 g/mol. The molecule has 2 aromatic carbocycles. The van der Waals surface area contributed by atoms with E-state index >= 15 is 0 Å². The summed E-state index contributed by atoms with van der Waals surface area (Å²) >= 11 is 0. The minimum absolute atomic E-state index is 0.0439. The highest BCUT2D eigenvalue weighted by Gasteiger charge is 2.58. The first kappa shape index (κ1) is 19.5. The molecule has 4 heteroatoms. The van der Waals surface area contributed by atoms with E-state index in [2.05, 4.69) is 35.6 Å². The Labute approximate surface area is 178 Å². The van der Waals surface area contributed by atoms with Gasteiger partial charge in [-0.1, -0.05) is 42.5 Å². The van der Waals surface area contributed by atoms with Gasteiger partial charge in [0.1, 0.15) is 0 Å². The maximum Gasteiger partial charge on any atom is 0.225 e. The van der Waals surface area contributed by atoms with Crippen molar-refractivity contribution in [2.45, 2.75) is 43.9 Å². The Balaban J connectivity index is 1.40. The normalized spacial score (nSPS) is 31.5. The van der Waals surface area contributed by atoms with Crippen molar-refractivity contribution in [3.05, 3.63) is 65.7 Å². The number of rotatable bonds is 6. The van der Waals surface area contributed by atoms with Crippen LogP contribution < -0.4 is 5.32 Å². The summed E-state index contributed by atoms with van der Waals surface area (Å²) in [4.78, 5) is 13.3. The first-order valence-electron chi connectivity index (χ1n) is 11.2. The summed E-state index contributed by atoms with van der Waals surface area (Å²) in [6.07, 6.45) is 7.03. The van der Waals surface area contributed by atoms with Crippen LogP contribution >= 0.6 is 0 Å². The lowest BCUT2D eigenvalue weighted by Crippen LogP contribution is -2.56. The molecule has 0 atom stereocenters. The van der Waals surface area contributed by atoms with Gasteiger partial charge in [0, 0.05) is 17.5 Å². The predicted octanol–water partition coefficient (Wildman–Crippen LogP) is 4.77. The highest BCUT2D eigenvalue weighted by Crippen LogP contribution is 2.64. The number of hydrogen-bond acceptors (Lipinski definition) is 3. The molecule has 0 saturated heterocycles. The molecule has 2 aromatic rings. The van der Waals surface area contributed by atoms with Crippen LogP contribution in [0, 0.1) is 29.1 Å². The van der Waals surface area contributed by atoms with Gasteiger partial charge in [-0.25, -0.2) is 0 Å². The van der Waals surface area contributed by atoms with Gasteiger partial charge in [0.25, 0.3) is 0 Å². The molecule has 4 aliphatic carbocycles. The van der Waals surface area contributed by atoms with Crippen molar-refractivity contribution < 1.29 is 9.90 Å². The Morgan fingerprint density at radius 2 is 1.53 bits per heavy atom. The fraction of sp³-hybridized carbons (Fsp3) is 0.462. The number of amides is 1. The van der Waals surface area contributed by atoms with Crippen molar-refractivity contribution in [3.63, 3.8) is 0 Å². The number of carbonyl (C=O) groups is 1. The third-order valence-electron chi connectivity index (χ3n) is 8.03. The maximum absolute atomic E-state index is 13.3. The van der Waals surface area contributed by atoms with E-state index in [9.17, 15) is 4.79 Å².